The third-order valence-electron chi connectivity index (χ3n) is 5.24. The maximum Gasteiger partial charge on any atom is 0.0172 e. The molecule has 1 N–H and O–H groups in total. The molecule has 0 aromatic heterocycles. The molecule has 0 radical (unpaired) electrons. The average Bonchev–Trinajstić information content (AvgIpc) is 2.54. The molecule has 0 bridgehead atoms. The first kappa shape index (κ1) is 20.3. The Morgan fingerprint density at radius 3 is 1.52 bits per heavy atom. The van der Waals surface area contributed by atoms with Gasteiger partial charge in [0.1, 0.15) is 0 Å². The molecule has 23 heavy (non-hydrogen) atoms. The molecule has 0 saturated carbocycles. The summed E-state index contributed by atoms with van der Waals surface area (Å²) in [5, 5.41) is 3.94. The summed E-state index contributed by atoms with van der Waals surface area (Å²) in [5.74, 6) is 2.89. The van der Waals surface area contributed by atoms with Gasteiger partial charge in [0, 0.05) is 11.4 Å². The molecule has 1 heteroatoms. The van der Waals surface area contributed by atoms with Crippen LogP contribution in [-0.2, 0) is 0 Å². The molecular weight excluding hydrogens is 278 g/mol. The molecule has 0 saturated heterocycles. The first-order valence-electron chi connectivity index (χ1n) is 9.61. The van der Waals surface area contributed by atoms with Gasteiger partial charge >= 0.3 is 0 Å². The van der Waals surface area contributed by atoms with Crippen LogP contribution < -0.4 is 5.32 Å². The zero-order valence-electron chi connectivity index (χ0n) is 17.6. The molecule has 0 aliphatic carbocycles. The molecule has 1 rings (SSSR count). The largest absolute Gasteiger partial charge is 0.362 e. The summed E-state index contributed by atoms with van der Waals surface area (Å²) in [6.45, 7) is 26.0. The number of nitrogens with one attached hydrogen (secondary N) is 1. The molecule has 0 aromatic rings. The molecule has 0 fully saturated rings. The zero-order valence-corrected chi connectivity index (χ0v) is 17.6. The monoisotopic (exact) mass is 319 g/mol. The first-order valence-corrected chi connectivity index (χ1v) is 9.61. The van der Waals surface area contributed by atoms with E-state index in [-0.39, 0.29) is 5.41 Å². The highest BCUT2D eigenvalue weighted by Gasteiger charge is 2.36. The van der Waals surface area contributed by atoms with Gasteiger partial charge in [0.05, 0.1) is 0 Å². The molecule has 1 atom stereocenters. The van der Waals surface area contributed by atoms with Crippen LogP contribution in [0.5, 0.6) is 0 Å². The van der Waals surface area contributed by atoms with Gasteiger partial charge in [-0.2, -0.15) is 0 Å². The highest BCUT2D eigenvalue weighted by Crippen LogP contribution is 2.45. The van der Waals surface area contributed by atoms with Crippen molar-refractivity contribution >= 4 is 0 Å². The predicted octanol–water partition coefficient (Wildman–Crippen LogP) is 6.77. The zero-order chi connectivity index (χ0) is 18.1. The minimum Gasteiger partial charge on any atom is -0.362 e. The van der Waals surface area contributed by atoms with Gasteiger partial charge in [-0.25, -0.2) is 0 Å². The van der Waals surface area contributed by atoms with Gasteiger partial charge in [0.25, 0.3) is 0 Å². The average molecular weight is 320 g/mol. The SMILES string of the molecule is CC(C)C1=C(C(C)C)NC(C(C)C)=C(C(C)C)C(C(C)(C)C)C1. The van der Waals surface area contributed by atoms with Crippen LogP contribution in [-0.4, -0.2) is 0 Å². The Hall–Kier alpha value is -0.720. The lowest BCUT2D eigenvalue weighted by molar-refractivity contribution is 0.256. The Balaban J connectivity index is 3.63. The molecule has 0 aromatic carbocycles. The molecule has 0 spiro atoms. The summed E-state index contributed by atoms with van der Waals surface area (Å²) in [5.41, 5.74) is 6.54. The lowest BCUT2D eigenvalue weighted by Gasteiger charge is -2.36. The lowest BCUT2D eigenvalue weighted by atomic mass is 9.68. The van der Waals surface area contributed by atoms with Gasteiger partial charge < -0.3 is 5.32 Å². The van der Waals surface area contributed by atoms with Crippen LogP contribution in [0.2, 0.25) is 0 Å². The Kier molecular flexibility index (Phi) is 6.58. The van der Waals surface area contributed by atoms with Crippen LogP contribution >= 0.6 is 0 Å². The Morgan fingerprint density at radius 1 is 0.739 bits per heavy atom. The van der Waals surface area contributed by atoms with E-state index in [9.17, 15) is 0 Å². The van der Waals surface area contributed by atoms with Gasteiger partial charge in [0.15, 0.2) is 0 Å². The van der Waals surface area contributed by atoms with E-state index in [2.05, 4.69) is 81.5 Å². The van der Waals surface area contributed by atoms with Crippen molar-refractivity contribution in [2.75, 3.05) is 0 Å². The maximum absolute atomic E-state index is 3.94. The van der Waals surface area contributed by atoms with Crippen LogP contribution in [0.1, 0.15) is 82.6 Å². The van der Waals surface area contributed by atoms with Crippen molar-refractivity contribution in [3.8, 4) is 0 Å². The van der Waals surface area contributed by atoms with E-state index in [1.54, 1.807) is 11.1 Å². The van der Waals surface area contributed by atoms with Gasteiger partial charge in [-0.05, 0) is 52.6 Å². The number of rotatable bonds is 4. The van der Waals surface area contributed by atoms with Crippen molar-refractivity contribution in [3.63, 3.8) is 0 Å². The fourth-order valence-corrected chi connectivity index (χ4v) is 3.95. The first-order chi connectivity index (χ1) is 10.4. The standard InChI is InChI=1S/C22H41N/c1-13(2)17-12-18(22(9,10)11)19(14(3)4)21(16(7)8)23-20(17)15(5)6/h13-16,18,23H,12H2,1-11H3. The van der Waals surface area contributed by atoms with Crippen LogP contribution in [0.3, 0.4) is 0 Å². The molecule has 1 aliphatic heterocycles. The second-order valence-electron chi connectivity index (χ2n) is 9.67. The van der Waals surface area contributed by atoms with E-state index in [1.807, 2.05) is 0 Å². The van der Waals surface area contributed by atoms with Crippen molar-refractivity contribution in [2.24, 2.45) is 35.0 Å². The van der Waals surface area contributed by atoms with Crippen molar-refractivity contribution in [1.29, 1.82) is 0 Å². The normalized spacial score (nSPS) is 20.9. The van der Waals surface area contributed by atoms with Gasteiger partial charge in [-0.15, -0.1) is 0 Å². The van der Waals surface area contributed by atoms with Crippen molar-refractivity contribution in [2.45, 2.75) is 82.6 Å². The van der Waals surface area contributed by atoms with Gasteiger partial charge in [0.2, 0.25) is 0 Å². The Labute approximate surface area is 146 Å². The summed E-state index contributed by atoms with van der Waals surface area (Å²) >= 11 is 0. The summed E-state index contributed by atoms with van der Waals surface area (Å²) in [6, 6.07) is 0. The lowest BCUT2D eigenvalue weighted by Crippen LogP contribution is -2.28. The summed E-state index contributed by atoms with van der Waals surface area (Å²) in [7, 11) is 0. The van der Waals surface area contributed by atoms with E-state index in [4.69, 9.17) is 0 Å². The molecule has 1 aliphatic rings. The fourth-order valence-electron chi connectivity index (χ4n) is 3.95. The topological polar surface area (TPSA) is 12.0 Å². The van der Waals surface area contributed by atoms with Crippen LogP contribution in [0.25, 0.3) is 0 Å². The number of allylic oxidation sites excluding steroid dienone is 4. The van der Waals surface area contributed by atoms with E-state index in [1.165, 1.54) is 17.8 Å². The molecule has 1 heterocycles. The highest BCUT2D eigenvalue weighted by atomic mass is 14.9. The molecule has 1 nitrogen and oxygen atoms in total. The smallest absolute Gasteiger partial charge is 0.0172 e. The molecule has 134 valence electrons. The summed E-state index contributed by atoms with van der Waals surface area (Å²) in [4.78, 5) is 0. The van der Waals surface area contributed by atoms with E-state index in [0.717, 1.165) is 0 Å². The second kappa shape index (κ2) is 7.45. The van der Waals surface area contributed by atoms with E-state index < -0.39 is 0 Å². The van der Waals surface area contributed by atoms with Gasteiger partial charge in [-0.3, -0.25) is 0 Å². The Bertz CT molecular complexity index is 467. The van der Waals surface area contributed by atoms with E-state index >= 15 is 0 Å². The maximum atomic E-state index is 3.94. The highest BCUT2D eigenvalue weighted by molar-refractivity contribution is 5.33. The summed E-state index contributed by atoms with van der Waals surface area (Å²) < 4.78 is 0. The summed E-state index contributed by atoms with van der Waals surface area (Å²) in [6.07, 6.45) is 1.20. The number of hydrogen-bond donors (Lipinski definition) is 1. The fraction of sp³-hybridized carbons (Fsp3) is 0.818. The van der Waals surface area contributed by atoms with Gasteiger partial charge in [-0.1, -0.05) is 76.2 Å². The third-order valence-corrected chi connectivity index (χ3v) is 5.24. The van der Waals surface area contributed by atoms with Crippen molar-refractivity contribution in [3.05, 3.63) is 22.5 Å². The second-order valence-corrected chi connectivity index (χ2v) is 9.67. The molecule has 0 amide bonds. The van der Waals surface area contributed by atoms with Crippen molar-refractivity contribution in [1.82, 2.24) is 5.32 Å². The third kappa shape index (κ3) is 4.64. The van der Waals surface area contributed by atoms with E-state index in [0.29, 0.717) is 29.6 Å². The minimum atomic E-state index is 0.286. The Morgan fingerprint density at radius 2 is 1.22 bits per heavy atom. The van der Waals surface area contributed by atoms with Crippen LogP contribution in [0.4, 0.5) is 0 Å². The predicted molar refractivity (Wildman–Crippen MR) is 104 cm³/mol. The quantitative estimate of drug-likeness (QED) is 0.602. The molecular formula is C22H41N. The minimum absolute atomic E-state index is 0.286. The van der Waals surface area contributed by atoms with Crippen LogP contribution in [0.15, 0.2) is 22.5 Å². The number of hydrogen-bond acceptors (Lipinski definition) is 1. The molecule has 1 unspecified atom stereocenters. The van der Waals surface area contributed by atoms with Crippen molar-refractivity contribution < 1.29 is 0 Å². The van der Waals surface area contributed by atoms with Crippen LogP contribution in [0, 0.1) is 35.0 Å².